The number of pyridine rings is 2. The highest BCUT2D eigenvalue weighted by molar-refractivity contribution is 5.94. The summed E-state index contributed by atoms with van der Waals surface area (Å²) in [5.41, 5.74) is 4.75. The summed E-state index contributed by atoms with van der Waals surface area (Å²) >= 11 is 0. The van der Waals surface area contributed by atoms with Crippen LogP contribution >= 0.6 is 0 Å². The molecule has 0 radical (unpaired) electrons. The monoisotopic (exact) mass is 469 g/mol. The zero-order valence-corrected chi connectivity index (χ0v) is 19.6. The van der Waals surface area contributed by atoms with Crippen LogP contribution in [0.25, 0.3) is 22.2 Å². The van der Waals surface area contributed by atoms with Gasteiger partial charge in [-0.3, -0.25) is 9.98 Å². The summed E-state index contributed by atoms with van der Waals surface area (Å²) in [6.07, 6.45) is 4.34. The third-order valence-electron chi connectivity index (χ3n) is 6.08. The smallest absolute Gasteiger partial charge is 0.270 e. The van der Waals surface area contributed by atoms with E-state index >= 15 is 0 Å². The second-order valence-corrected chi connectivity index (χ2v) is 8.66. The van der Waals surface area contributed by atoms with Crippen LogP contribution in [0.2, 0.25) is 0 Å². The lowest BCUT2D eigenvalue weighted by Crippen LogP contribution is -2.28. The number of nitrogens with zero attached hydrogens (tertiary/aromatic N) is 4. The molecule has 0 unspecified atom stereocenters. The van der Waals surface area contributed by atoms with Crippen LogP contribution < -0.4 is 10.2 Å². The van der Waals surface area contributed by atoms with Crippen LogP contribution in [0.4, 0.5) is 26.0 Å². The molecule has 0 saturated heterocycles. The molecular weight excluding hydrogens is 444 g/mol. The van der Waals surface area contributed by atoms with Gasteiger partial charge in [0.05, 0.1) is 16.9 Å². The van der Waals surface area contributed by atoms with Crippen molar-refractivity contribution in [1.29, 1.82) is 0 Å². The highest BCUT2D eigenvalue weighted by atomic mass is 19.3. The number of fused-ring (bicyclic) bond motifs is 2. The first-order valence-corrected chi connectivity index (χ1v) is 11.4. The molecule has 4 aromatic rings. The van der Waals surface area contributed by atoms with Crippen LogP contribution in [0.15, 0.2) is 84.3 Å². The van der Waals surface area contributed by atoms with E-state index in [1.54, 1.807) is 18.3 Å². The zero-order chi connectivity index (χ0) is 24.6. The van der Waals surface area contributed by atoms with E-state index in [0.29, 0.717) is 41.5 Å². The maximum Gasteiger partial charge on any atom is 0.270 e. The van der Waals surface area contributed by atoms with Crippen molar-refractivity contribution in [3.63, 3.8) is 0 Å². The maximum atomic E-state index is 13.9. The van der Waals surface area contributed by atoms with Gasteiger partial charge in [-0.25, -0.2) is 13.8 Å². The zero-order valence-electron chi connectivity index (χ0n) is 19.6. The van der Waals surface area contributed by atoms with Crippen LogP contribution in [0.5, 0.6) is 0 Å². The van der Waals surface area contributed by atoms with Crippen molar-refractivity contribution in [2.45, 2.75) is 26.2 Å². The molecule has 2 aromatic heterocycles. The minimum absolute atomic E-state index is 0.0484. The van der Waals surface area contributed by atoms with E-state index in [0.717, 1.165) is 29.1 Å². The Hall–Kier alpha value is -4.13. The second kappa shape index (κ2) is 8.91. The minimum Gasteiger partial charge on any atom is -0.341 e. The third kappa shape index (κ3) is 4.49. The molecular formula is C28H25F2N5. The molecule has 1 aliphatic heterocycles. The number of anilines is 2. The van der Waals surface area contributed by atoms with Crippen LogP contribution in [-0.4, -0.2) is 22.7 Å². The number of aryl methyl sites for hydroxylation is 1. The van der Waals surface area contributed by atoms with Gasteiger partial charge in [-0.15, -0.1) is 0 Å². The summed E-state index contributed by atoms with van der Waals surface area (Å²) in [5, 5.41) is 4.48. The molecule has 0 amide bonds. The van der Waals surface area contributed by atoms with E-state index in [4.69, 9.17) is 4.98 Å². The van der Waals surface area contributed by atoms with Crippen molar-refractivity contribution in [2.24, 2.45) is 4.99 Å². The predicted octanol–water partition coefficient (Wildman–Crippen LogP) is 7.21. The predicted molar refractivity (Wildman–Crippen MR) is 139 cm³/mol. The van der Waals surface area contributed by atoms with E-state index in [1.165, 1.54) is 12.1 Å². The van der Waals surface area contributed by atoms with Gasteiger partial charge in [0.25, 0.3) is 5.92 Å². The second-order valence-electron chi connectivity index (χ2n) is 8.66. The molecule has 176 valence electrons. The van der Waals surface area contributed by atoms with Gasteiger partial charge in [0.2, 0.25) is 0 Å². The fourth-order valence-corrected chi connectivity index (χ4v) is 4.21. The van der Waals surface area contributed by atoms with Crippen LogP contribution in [-0.2, 0) is 5.92 Å². The quantitative estimate of drug-likeness (QED) is 0.335. The van der Waals surface area contributed by atoms with E-state index < -0.39 is 5.92 Å². The summed E-state index contributed by atoms with van der Waals surface area (Å²) in [6.45, 7) is 7.86. The topological polar surface area (TPSA) is 53.4 Å². The number of rotatable bonds is 5. The average molecular weight is 470 g/mol. The number of aliphatic imine (C=N–C) groups is 1. The standard InChI is InChI=1S/C28H25F2N5/c1-18-10-11-24-22(9-5-14-31-24)26(18)33-19(2)35-16-6-15-32-25-13-12-23(34-27(25)35)20-7-4-8-21(17-20)28(3,29)30/h4-5,7-15,17,33H,2,6,16H2,1,3H3. The van der Waals surface area contributed by atoms with Crippen molar-refractivity contribution in [3.8, 4) is 11.3 Å². The minimum atomic E-state index is -2.93. The lowest BCUT2D eigenvalue weighted by Gasteiger charge is -2.27. The lowest BCUT2D eigenvalue weighted by atomic mass is 10.0. The molecule has 0 aliphatic carbocycles. The molecule has 0 spiro atoms. The van der Waals surface area contributed by atoms with Crippen molar-refractivity contribution in [3.05, 3.63) is 90.4 Å². The Morgan fingerprint density at radius 3 is 2.77 bits per heavy atom. The fraction of sp³-hybridized carbons (Fsp3) is 0.179. The van der Waals surface area contributed by atoms with Crippen molar-refractivity contribution >= 4 is 34.3 Å². The largest absolute Gasteiger partial charge is 0.341 e. The summed E-state index contributed by atoms with van der Waals surface area (Å²) in [5.74, 6) is -1.66. The van der Waals surface area contributed by atoms with Gasteiger partial charge in [0.15, 0.2) is 5.82 Å². The Morgan fingerprint density at radius 1 is 1.09 bits per heavy atom. The molecule has 7 heteroatoms. The number of hydrogen-bond donors (Lipinski definition) is 1. The molecule has 1 aliphatic rings. The molecule has 0 saturated carbocycles. The molecule has 35 heavy (non-hydrogen) atoms. The lowest BCUT2D eigenvalue weighted by molar-refractivity contribution is 0.0175. The Bertz CT molecular complexity index is 1460. The number of hydrogen-bond acceptors (Lipinski definition) is 5. The van der Waals surface area contributed by atoms with Crippen LogP contribution in [0, 0.1) is 6.92 Å². The molecule has 5 nitrogen and oxygen atoms in total. The molecule has 5 rings (SSSR count). The first-order chi connectivity index (χ1) is 16.8. The van der Waals surface area contributed by atoms with Gasteiger partial charge in [0, 0.05) is 48.8 Å². The number of aromatic nitrogens is 2. The highest BCUT2D eigenvalue weighted by Crippen LogP contribution is 2.36. The van der Waals surface area contributed by atoms with Crippen LogP contribution in [0.3, 0.4) is 0 Å². The van der Waals surface area contributed by atoms with Gasteiger partial charge in [0.1, 0.15) is 11.5 Å². The van der Waals surface area contributed by atoms with Gasteiger partial charge < -0.3 is 10.2 Å². The maximum absolute atomic E-state index is 13.9. The number of alkyl halides is 2. The normalized spacial score (nSPS) is 13.4. The van der Waals surface area contributed by atoms with Crippen molar-refractivity contribution in [2.75, 3.05) is 16.8 Å². The first kappa shape index (κ1) is 22.7. The van der Waals surface area contributed by atoms with E-state index in [1.807, 2.05) is 54.4 Å². The number of halogens is 2. The van der Waals surface area contributed by atoms with E-state index in [9.17, 15) is 8.78 Å². The molecule has 3 heterocycles. The summed E-state index contributed by atoms with van der Waals surface area (Å²) in [4.78, 5) is 15.8. The third-order valence-corrected chi connectivity index (χ3v) is 6.08. The Kier molecular flexibility index (Phi) is 5.76. The molecule has 0 fully saturated rings. The number of benzene rings is 2. The first-order valence-electron chi connectivity index (χ1n) is 11.4. The van der Waals surface area contributed by atoms with Gasteiger partial charge >= 0.3 is 0 Å². The van der Waals surface area contributed by atoms with E-state index in [2.05, 4.69) is 21.9 Å². The fourth-order valence-electron chi connectivity index (χ4n) is 4.21. The number of nitrogens with one attached hydrogen (secondary N) is 1. The van der Waals surface area contributed by atoms with Gasteiger partial charge in [-0.05, 0) is 48.9 Å². The van der Waals surface area contributed by atoms with Gasteiger partial charge in [-0.1, -0.05) is 30.8 Å². The highest BCUT2D eigenvalue weighted by Gasteiger charge is 2.25. The molecule has 0 atom stereocenters. The van der Waals surface area contributed by atoms with Crippen LogP contribution in [0.1, 0.15) is 24.5 Å². The summed E-state index contributed by atoms with van der Waals surface area (Å²) in [7, 11) is 0. The molecule has 2 aromatic carbocycles. The van der Waals surface area contributed by atoms with E-state index in [-0.39, 0.29) is 5.56 Å². The summed E-state index contributed by atoms with van der Waals surface area (Å²) in [6, 6.07) is 18.0. The molecule has 0 bridgehead atoms. The molecule has 1 N–H and O–H groups in total. The Labute approximate surface area is 202 Å². The Morgan fingerprint density at radius 2 is 1.94 bits per heavy atom. The van der Waals surface area contributed by atoms with Crippen molar-refractivity contribution in [1.82, 2.24) is 9.97 Å². The van der Waals surface area contributed by atoms with Gasteiger partial charge in [-0.2, -0.15) is 0 Å². The average Bonchev–Trinajstić information content (AvgIpc) is 3.07. The SMILES string of the molecule is C=C(Nc1c(C)ccc2ncccc12)N1CCC=Nc2ccc(-c3cccc(C(C)(F)F)c3)nc21. The Balaban J connectivity index is 1.53. The van der Waals surface area contributed by atoms with Crippen molar-refractivity contribution < 1.29 is 8.78 Å². The summed E-state index contributed by atoms with van der Waals surface area (Å²) < 4.78 is 27.8.